The second kappa shape index (κ2) is 4.25. The SMILES string of the molecule is COc1ccc(-n2ncnc2C)cc1C(=O)O. The Bertz CT molecular complexity index is 563. The van der Waals surface area contributed by atoms with E-state index in [1.165, 1.54) is 19.5 Å². The van der Waals surface area contributed by atoms with Gasteiger partial charge in [-0.1, -0.05) is 0 Å². The predicted molar refractivity (Wildman–Crippen MR) is 59.6 cm³/mol. The van der Waals surface area contributed by atoms with Crippen LogP contribution in [0.5, 0.6) is 5.75 Å². The number of carboxylic acid groups (broad SMARTS) is 1. The highest BCUT2D eigenvalue weighted by Gasteiger charge is 2.13. The molecule has 2 rings (SSSR count). The van der Waals surface area contributed by atoms with Gasteiger partial charge >= 0.3 is 5.97 Å². The summed E-state index contributed by atoms with van der Waals surface area (Å²) in [6.07, 6.45) is 1.42. The molecule has 0 aliphatic rings. The van der Waals surface area contributed by atoms with Crippen LogP contribution in [0.2, 0.25) is 0 Å². The van der Waals surface area contributed by atoms with E-state index in [1.807, 2.05) is 0 Å². The number of nitrogens with zero attached hydrogens (tertiary/aromatic N) is 3. The summed E-state index contributed by atoms with van der Waals surface area (Å²) in [5, 5.41) is 13.1. The van der Waals surface area contributed by atoms with E-state index in [0.29, 0.717) is 17.3 Å². The molecule has 6 nitrogen and oxygen atoms in total. The quantitative estimate of drug-likeness (QED) is 0.864. The number of aromatic carboxylic acids is 1. The first-order chi connectivity index (χ1) is 8.13. The zero-order valence-corrected chi connectivity index (χ0v) is 9.41. The van der Waals surface area contributed by atoms with E-state index in [4.69, 9.17) is 9.84 Å². The van der Waals surface area contributed by atoms with Crippen molar-refractivity contribution in [2.24, 2.45) is 0 Å². The van der Waals surface area contributed by atoms with Crippen LogP contribution >= 0.6 is 0 Å². The second-order valence-electron chi connectivity index (χ2n) is 3.41. The van der Waals surface area contributed by atoms with E-state index in [1.54, 1.807) is 23.7 Å². The summed E-state index contributed by atoms with van der Waals surface area (Å²) < 4.78 is 6.54. The Labute approximate surface area is 97.5 Å². The summed E-state index contributed by atoms with van der Waals surface area (Å²) in [7, 11) is 1.43. The standard InChI is InChI=1S/C11H11N3O3/c1-7-12-6-13-14(7)8-3-4-10(17-2)9(5-8)11(15)16/h3-6H,1-2H3,(H,15,16). The normalized spacial score (nSPS) is 10.2. The number of ether oxygens (including phenoxy) is 1. The molecule has 1 N–H and O–H groups in total. The van der Waals surface area contributed by atoms with Crippen LogP contribution < -0.4 is 4.74 Å². The topological polar surface area (TPSA) is 77.2 Å². The van der Waals surface area contributed by atoms with Gasteiger partial charge in [-0.15, -0.1) is 0 Å². The average molecular weight is 233 g/mol. The molecule has 2 aromatic rings. The van der Waals surface area contributed by atoms with Crippen molar-refractivity contribution >= 4 is 5.97 Å². The van der Waals surface area contributed by atoms with E-state index >= 15 is 0 Å². The van der Waals surface area contributed by atoms with E-state index in [0.717, 1.165) is 0 Å². The zero-order valence-electron chi connectivity index (χ0n) is 9.41. The third-order valence-corrected chi connectivity index (χ3v) is 2.38. The van der Waals surface area contributed by atoms with Crippen LogP contribution in [-0.4, -0.2) is 33.0 Å². The molecule has 0 saturated carbocycles. The number of carbonyl (C=O) groups is 1. The molecule has 6 heteroatoms. The van der Waals surface area contributed by atoms with Crippen molar-refractivity contribution in [1.82, 2.24) is 14.8 Å². The minimum atomic E-state index is -1.04. The van der Waals surface area contributed by atoms with E-state index < -0.39 is 5.97 Å². The number of benzene rings is 1. The first-order valence-electron chi connectivity index (χ1n) is 4.92. The molecule has 0 amide bonds. The molecule has 88 valence electrons. The lowest BCUT2D eigenvalue weighted by atomic mass is 10.2. The van der Waals surface area contributed by atoms with Crippen molar-refractivity contribution in [1.29, 1.82) is 0 Å². The van der Waals surface area contributed by atoms with Crippen molar-refractivity contribution in [2.45, 2.75) is 6.92 Å². The van der Waals surface area contributed by atoms with Crippen molar-refractivity contribution in [3.8, 4) is 11.4 Å². The van der Waals surface area contributed by atoms with Crippen LogP contribution in [0, 0.1) is 6.92 Å². The summed E-state index contributed by atoms with van der Waals surface area (Å²) in [6, 6.07) is 4.83. The van der Waals surface area contributed by atoms with Crippen molar-refractivity contribution < 1.29 is 14.6 Å². The van der Waals surface area contributed by atoms with Gasteiger partial charge in [-0.05, 0) is 25.1 Å². The molecule has 0 aliphatic heterocycles. The molecule has 0 saturated heterocycles. The summed E-state index contributed by atoms with van der Waals surface area (Å²) >= 11 is 0. The summed E-state index contributed by atoms with van der Waals surface area (Å²) in [4.78, 5) is 15.0. The molecular weight excluding hydrogens is 222 g/mol. The van der Waals surface area contributed by atoms with Gasteiger partial charge in [0.1, 0.15) is 23.5 Å². The fourth-order valence-corrected chi connectivity index (χ4v) is 1.55. The Kier molecular flexibility index (Phi) is 2.78. The number of hydrogen-bond acceptors (Lipinski definition) is 4. The number of aromatic nitrogens is 3. The van der Waals surface area contributed by atoms with E-state index in [-0.39, 0.29) is 5.56 Å². The first kappa shape index (κ1) is 11.1. The Morgan fingerprint density at radius 1 is 1.47 bits per heavy atom. The largest absolute Gasteiger partial charge is 0.496 e. The Morgan fingerprint density at radius 3 is 2.76 bits per heavy atom. The van der Waals surface area contributed by atoms with Crippen molar-refractivity contribution in [2.75, 3.05) is 7.11 Å². The number of hydrogen-bond donors (Lipinski definition) is 1. The van der Waals surface area contributed by atoms with Gasteiger partial charge in [0, 0.05) is 0 Å². The maximum Gasteiger partial charge on any atom is 0.339 e. The van der Waals surface area contributed by atoms with Crippen LogP contribution in [-0.2, 0) is 0 Å². The van der Waals surface area contributed by atoms with Gasteiger partial charge in [0.15, 0.2) is 0 Å². The molecule has 0 aliphatic carbocycles. The Hall–Kier alpha value is -2.37. The van der Waals surface area contributed by atoms with E-state index in [2.05, 4.69) is 10.1 Å². The Morgan fingerprint density at radius 2 is 2.24 bits per heavy atom. The first-order valence-corrected chi connectivity index (χ1v) is 4.92. The fraction of sp³-hybridized carbons (Fsp3) is 0.182. The fourth-order valence-electron chi connectivity index (χ4n) is 1.55. The van der Waals surface area contributed by atoms with Crippen LogP contribution in [0.25, 0.3) is 5.69 Å². The maximum atomic E-state index is 11.1. The molecule has 17 heavy (non-hydrogen) atoms. The molecule has 0 bridgehead atoms. The highest BCUT2D eigenvalue weighted by atomic mass is 16.5. The van der Waals surface area contributed by atoms with Gasteiger partial charge in [-0.2, -0.15) is 5.10 Å². The number of aryl methyl sites for hydroxylation is 1. The van der Waals surface area contributed by atoms with Gasteiger partial charge in [0.05, 0.1) is 12.8 Å². The minimum Gasteiger partial charge on any atom is -0.496 e. The monoisotopic (exact) mass is 233 g/mol. The smallest absolute Gasteiger partial charge is 0.339 e. The molecule has 1 aromatic carbocycles. The van der Waals surface area contributed by atoms with Gasteiger partial charge in [0.25, 0.3) is 0 Å². The lowest BCUT2D eigenvalue weighted by Gasteiger charge is -2.08. The van der Waals surface area contributed by atoms with E-state index in [9.17, 15) is 4.79 Å². The molecule has 0 atom stereocenters. The van der Waals surface area contributed by atoms with Crippen LogP contribution in [0.1, 0.15) is 16.2 Å². The zero-order chi connectivity index (χ0) is 12.4. The highest BCUT2D eigenvalue weighted by molar-refractivity contribution is 5.91. The third kappa shape index (κ3) is 1.96. The third-order valence-electron chi connectivity index (χ3n) is 2.38. The van der Waals surface area contributed by atoms with Gasteiger partial charge in [0.2, 0.25) is 0 Å². The lowest BCUT2D eigenvalue weighted by Crippen LogP contribution is -2.05. The molecule has 1 heterocycles. The average Bonchev–Trinajstić information content (AvgIpc) is 2.74. The van der Waals surface area contributed by atoms with Crippen molar-refractivity contribution in [3.63, 3.8) is 0 Å². The molecule has 0 spiro atoms. The summed E-state index contributed by atoms with van der Waals surface area (Å²) in [5.74, 6) is -0.0352. The van der Waals surface area contributed by atoms with Crippen LogP contribution in [0.15, 0.2) is 24.5 Å². The molecule has 0 unspecified atom stereocenters. The highest BCUT2D eigenvalue weighted by Crippen LogP contribution is 2.21. The number of carboxylic acids is 1. The number of rotatable bonds is 3. The number of methoxy groups -OCH3 is 1. The maximum absolute atomic E-state index is 11.1. The summed E-state index contributed by atoms with van der Waals surface area (Å²) in [6.45, 7) is 1.79. The van der Waals surface area contributed by atoms with Gasteiger partial charge in [-0.25, -0.2) is 14.5 Å². The second-order valence-corrected chi connectivity index (χ2v) is 3.41. The lowest BCUT2D eigenvalue weighted by molar-refractivity contribution is 0.0693. The van der Waals surface area contributed by atoms with Gasteiger partial charge < -0.3 is 9.84 Å². The molecule has 0 fully saturated rings. The van der Waals surface area contributed by atoms with Crippen LogP contribution in [0.3, 0.4) is 0 Å². The minimum absolute atomic E-state index is 0.0971. The molecule has 0 radical (unpaired) electrons. The molecule has 1 aromatic heterocycles. The predicted octanol–water partition coefficient (Wildman–Crippen LogP) is 1.28. The van der Waals surface area contributed by atoms with Crippen molar-refractivity contribution in [3.05, 3.63) is 35.9 Å². The Balaban J connectivity index is 2.55. The van der Waals surface area contributed by atoms with Crippen LogP contribution in [0.4, 0.5) is 0 Å². The van der Waals surface area contributed by atoms with Gasteiger partial charge in [-0.3, -0.25) is 0 Å². The summed E-state index contributed by atoms with van der Waals surface area (Å²) in [5.41, 5.74) is 0.734. The molecular formula is C11H11N3O3.